The largest absolute Gasteiger partial charge is 0.573 e. The number of carbonyl (C=O) groups excluding carboxylic acids is 1. The van der Waals surface area contributed by atoms with Crippen molar-refractivity contribution in [3.05, 3.63) is 62.6 Å². The number of aryl methyl sites for hydroxylation is 1. The lowest BCUT2D eigenvalue weighted by atomic mass is 10.00. The monoisotopic (exact) mass is 521 g/mol. The van der Waals surface area contributed by atoms with E-state index in [9.17, 15) is 13.2 Å². The minimum absolute atomic E-state index is 0.00539. The van der Waals surface area contributed by atoms with Crippen molar-refractivity contribution in [2.24, 2.45) is 10.3 Å². The highest BCUT2D eigenvalue weighted by Crippen LogP contribution is 2.35. The van der Waals surface area contributed by atoms with E-state index < -0.39 is 12.1 Å². The van der Waals surface area contributed by atoms with Crippen LogP contribution in [0.4, 0.5) is 13.2 Å². The molecule has 0 aliphatic rings. The molecule has 0 fully saturated rings. The molecule has 0 saturated heterocycles. The Morgan fingerprint density at radius 2 is 1.79 bits per heavy atom. The third-order valence-corrected chi connectivity index (χ3v) is 4.68. The van der Waals surface area contributed by atoms with Crippen LogP contribution in [0.2, 0.25) is 10.0 Å². The van der Waals surface area contributed by atoms with Gasteiger partial charge in [0, 0.05) is 23.2 Å². The number of amides is 1. The molecule has 12 heteroatoms. The molecule has 0 spiro atoms. The standard InChI is InChI=1S/C20H19Cl2F3N2O3.C2H5NO/c1-11-6-5-7-15(12(2)26-28-4)16(11)10-29-27-13(3)19-17(22)8-14(21)9-18(19)30-20(23,24)25;1-3-2-4/h5-9H,10H2,1-4H3;2H,1H3,(H,3,4)/b26-12-,27-13+;. The van der Waals surface area contributed by atoms with E-state index in [1.807, 2.05) is 25.1 Å². The van der Waals surface area contributed by atoms with Crippen LogP contribution in [0.25, 0.3) is 0 Å². The number of oxime groups is 2. The van der Waals surface area contributed by atoms with Crippen molar-refractivity contribution in [3.63, 3.8) is 0 Å². The van der Waals surface area contributed by atoms with Crippen molar-refractivity contribution >= 4 is 41.0 Å². The number of alkyl halides is 3. The maximum Gasteiger partial charge on any atom is 0.573 e. The molecule has 0 aliphatic heterocycles. The molecule has 0 atom stereocenters. The van der Waals surface area contributed by atoms with Crippen molar-refractivity contribution < 1.29 is 32.4 Å². The summed E-state index contributed by atoms with van der Waals surface area (Å²) in [6.07, 6.45) is -4.29. The number of carbonyl (C=O) groups is 1. The van der Waals surface area contributed by atoms with E-state index >= 15 is 0 Å². The molecule has 1 N–H and O–H groups in total. The zero-order valence-electron chi connectivity index (χ0n) is 19.1. The van der Waals surface area contributed by atoms with Crippen molar-refractivity contribution in [2.45, 2.75) is 33.7 Å². The van der Waals surface area contributed by atoms with Gasteiger partial charge in [-0.15, -0.1) is 13.2 Å². The molecule has 2 aromatic carbocycles. The Morgan fingerprint density at radius 1 is 1.15 bits per heavy atom. The van der Waals surface area contributed by atoms with Gasteiger partial charge in [0.1, 0.15) is 19.5 Å². The molecule has 0 unspecified atom stereocenters. The molecule has 0 radical (unpaired) electrons. The molecule has 2 rings (SSSR count). The molecule has 2 aromatic rings. The van der Waals surface area contributed by atoms with Gasteiger partial charge in [0.2, 0.25) is 6.41 Å². The number of nitrogens with one attached hydrogen (secondary N) is 1. The van der Waals surface area contributed by atoms with Gasteiger partial charge in [0.05, 0.1) is 22.0 Å². The first-order valence-corrected chi connectivity index (χ1v) is 10.4. The van der Waals surface area contributed by atoms with E-state index in [0.717, 1.165) is 22.8 Å². The summed E-state index contributed by atoms with van der Waals surface area (Å²) >= 11 is 11.9. The van der Waals surface area contributed by atoms with Crippen LogP contribution in [-0.4, -0.2) is 38.4 Å². The fraction of sp³-hybridized carbons (Fsp3) is 0.318. The molecule has 0 heterocycles. The van der Waals surface area contributed by atoms with E-state index in [4.69, 9.17) is 37.7 Å². The summed E-state index contributed by atoms with van der Waals surface area (Å²) in [6, 6.07) is 7.92. The first-order chi connectivity index (χ1) is 15.9. The van der Waals surface area contributed by atoms with Gasteiger partial charge in [-0.1, -0.05) is 51.7 Å². The zero-order chi connectivity index (χ0) is 25.9. The normalized spacial score (nSPS) is 11.8. The van der Waals surface area contributed by atoms with Crippen LogP contribution in [0.3, 0.4) is 0 Å². The van der Waals surface area contributed by atoms with Gasteiger partial charge in [-0.2, -0.15) is 0 Å². The summed E-state index contributed by atoms with van der Waals surface area (Å²) in [5.41, 5.74) is 3.20. The third kappa shape index (κ3) is 9.11. The summed E-state index contributed by atoms with van der Waals surface area (Å²) in [5.74, 6) is -0.565. The fourth-order valence-electron chi connectivity index (χ4n) is 2.76. The molecule has 186 valence electrons. The van der Waals surface area contributed by atoms with Gasteiger partial charge in [-0.3, -0.25) is 4.79 Å². The summed E-state index contributed by atoms with van der Waals surface area (Å²) in [4.78, 5) is 19.3. The summed E-state index contributed by atoms with van der Waals surface area (Å²) < 4.78 is 42.3. The van der Waals surface area contributed by atoms with Crippen LogP contribution in [0, 0.1) is 6.92 Å². The molecular weight excluding hydrogens is 498 g/mol. The third-order valence-electron chi connectivity index (χ3n) is 4.16. The molecule has 0 saturated carbocycles. The lowest BCUT2D eigenvalue weighted by Gasteiger charge is -2.15. The lowest BCUT2D eigenvalue weighted by molar-refractivity contribution is -0.274. The van der Waals surface area contributed by atoms with E-state index in [1.54, 1.807) is 14.0 Å². The Hall–Kier alpha value is -2.98. The van der Waals surface area contributed by atoms with E-state index in [1.165, 1.54) is 20.1 Å². The second-order valence-electron chi connectivity index (χ2n) is 6.63. The highest BCUT2D eigenvalue weighted by atomic mass is 35.5. The summed E-state index contributed by atoms with van der Waals surface area (Å²) in [5, 5.41) is 10.0. The van der Waals surface area contributed by atoms with Crippen LogP contribution in [0.15, 0.2) is 40.6 Å². The van der Waals surface area contributed by atoms with Crippen LogP contribution in [0.5, 0.6) is 5.75 Å². The Labute approximate surface area is 205 Å². The highest BCUT2D eigenvalue weighted by molar-refractivity contribution is 6.37. The van der Waals surface area contributed by atoms with Crippen molar-refractivity contribution in [3.8, 4) is 5.75 Å². The van der Waals surface area contributed by atoms with E-state index in [-0.39, 0.29) is 27.9 Å². The van der Waals surface area contributed by atoms with Crippen LogP contribution >= 0.6 is 23.2 Å². The molecule has 0 bridgehead atoms. The van der Waals surface area contributed by atoms with Gasteiger partial charge >= 0.3 is 6.36 Å². The fourth-order valence-corrected chi connectivity index (χ4v) is 3.38. The summed E-state index contributed by atoms with van der Waals surface area (Å²) in [7, 11) is 3.01. The Balaban J connectivity index is 0.00000133. The number of hydrogen-bond donors (Lipinski definition) is 1. The van der Waals surface area contributed by atoms with Crippen molar-refractivity contribution in [1.29, 1.82) is 0 Å². The van der Waals surface area contributed by atoms with Gasteiger partial charge in [0.15, 0.2) is 0 Å². The first kappa shape index (κ1) is 29.1. The Bertz CT molecular complexity index is 1040. The molecule has 34 heavy (non-hydrogen) atoms. The SMILES string of the molecule is CNC=O.CO/N=C(/C)c1cccc(C)c1CO/N=C(\C)c1c(Cl)cc(Cl)cc1OC(F)(F)F. The highest BCUT2D eigenvalue weighted by Gasteiger charge is 2.33. The van der Waals surface area contributed by atoms with E-state index in [0.29, 0.717) is 12.1 Å². The Kier molecular flexibility index (Phi) is 11.7. The van der Waals surface area contributed by atoms with E-state index in [2.05, 4.69) is 20.4 Å². The molecule has 7 nitrogen and oxygen atoms in total. The number of halogens is 5. The maximum absolute atomic E-state index is 12.7. The predicted octanol–water partition coefficient (Wildman–Crippen LogP) is 5.87. The second-order valence-corrected chi connectivity index (χ2v) is 7.47. The number of benzene rings is 2. The van der Waals surface area contributed by atoms with Crippen molar-refractivity contribution in [1.82, 2.24) is 5.32 Å². The minimum atomic E-state index is -4.92. The number of hydrogen-bond acceptors (Lipinski definition) is 6. The molecule has 0 aromatic heterocycles. The first-order valence-electron chi connectivity index (χ1n) is 9.64. The lowest BCUT2D eigenvalue weighted by Crippen LogP contribution is -2.19. The summed E-state index contributed by atoms with van der Waals surface area (Å²) in [6.45, 7) is 5.18. The maximum atomic E-state index is 12.7. The predicted molar refractivity (Wildman–Crippen MR) is 126 cm³/mol. The minimum Gasteiger partial charge on any atom is -0.405 e. The molecule has 1 amide bonds. The van der Waals surface area contributed by atoms with Crippen LogP contribution in [-0.2, 0) is 21.1 Å². The van der Waals surface area contributed by atoms with Crippen molar-refractivity contribution in [2.75, 3.05) is 14.2 Å². The molecular formula is C22H24Cl2F3N3O4. The van der Waals surface area contributed by atoms with Crippen LogP contribution < -0.4 is 10.1 Å². The smallest absolute Gasteiger partial charge is 0.405 e. The Morgan fingerprint density at radius 3 is 2.35 bits per heavy atom. The van der Waals surface area contributed by atoms with Crippen LogP contribution in [0.1, 0.15) is 36.1 Å². The van der Waals surface area contributed by atoms with Gasteiger partial charge in [-0.25, -0.2) is 0 Å². The average Bonchev–Trinajstić information content (AvgIpc) is 2.73. The van der Waals surface area contributed by atoms with Gasteiger partial charge in [0.25, 0.3) is 0 Å². The number of rotatable bonds is 8. The quantitative estimate of drug-likeness (QED) is 0.267. The second kappa shape index (κ2) is 13.7. The van der Waals surface area contributed by atoms with Gasteiger partial charge in [-0.05, 0) is 38.5 Å². The van der Waals surface area contributed by atoms with Gasteiger partial charge < -0.3 is 19.7 Å². The molecule has 0 aliphatic carbocycles. The topological polar surface area (TPSA) is 81.5 Å². The zero-order valence-corrected chi connectivity index (χ0v) is 20.6. The number of ether oxygens (including phenoxy) is 1. The average molecular weight is 522 g/mol. The number of nitrogens with zero attached hydrogens (tertiary/aromatic N) is 2.